The summed E-state index contributed by atoms with van der Waals surface area (Å²) < 4.78 is 11.9. The van der Waals surface area contributed by atoms with E-state index < -0.39 is 5.63 Å². The van der Waals surface area contributed by atoms with Gasteiger partial charge in [-0.2, -0.15) is 0 Å². The van der Waals surface area contributed by atoms with Crippen molar-refractivity contribution in [3.05, 3.63) is 68.0 Å². The molecule has 26 heavy (non-hydrogen) atoms. The number of anilines is 1. The number of nitrogens with one attached hydrogen (secondary N) is 1. The van der Waals surface area contributed by atoms with Crippen molar-refractivity contribution in [2.24, 2.45) is 0 Å². The average Bonchev–Trinajstić information content (AvgIpc) is 2.57. The van der Waals surface area contributed by atoms with E-state index in [1.54, 1.807) is 13.0 Å². The van der Waals surface area contributed by atoms with E-state index in [1.165, 1.54) is 6.07 Å². The Balaban J connectivity index is 1.76. The van der Waals surface area contributed by atoms with Crippen molar-refractivity contribution in [2.75, 3.05) is 11.9 Å². The van der Waals surface area contributed by atoms with E-state index in [2.05, 4.69) is 21.2 Å². The highest BCUT2D eigenvalue weighted by Gasteiger charge is 2.12. The molecule has 1 N–H and O–H groups in total. The lowest BCUT2D eigenvalue weighted by atomic mass is 10.1. The predicted octanol–water partition coefficient (Wildman–Crippen LogP) is 4.50. The normalized spacial score (nSPS) is 10.8. The summed E-state index contributed by atoms with van der Waals surface area (Å²) in [6.45, 7) is 5.43. The Morgan fingerprint density at radius 1 is 1.12 bits per heavy atom. The van der Waals surface area contributed by atoms with Crippen LogP contribution in [0.4, 0.5) is 5.69 Å². The molecule has 2 aromatic carbocycles. The Bertz CT molecular complexity index is 1060. The number of carbonyl (C=O) groups is 1. The molecule has 0 fully saturated rings. The molecule has 0 aliphatic rings. The summed E-state index contributed by atoms with van der Waals surface area (Å²) in [5, 5.41) is 3.68. The molecule has 1 amide bonds. The molecule has 0 aliphatic heterocycles. The minimum atomic E-state index is -0.404. The largest absolute Gasteiger partial charge is 0.483 e. The van der Waals surface area contributed by atoms with Crippen molar-refractivity contribution >= 4 is 38.5 Å². The summed E-state index contributed by atoms with van der Waals surface area (Å²) in [6, 6.07) is 10.7. The Morgan fingerprint density at radius 3 is 2.62 bits per heavy atom. The molecular weight excluding hydrogens is 398 g/mol. The van der Waals surface area contributed by atoms with E-state index in [4.69, 9.17) is 9.15 Å². The summed E-state index contributed by atoms with van der Waals surface area (Å²) >= 11 is 3.39. The van der Waals surface area contributed by atoms with E-state index in [9.17, 15) is 9.59 Å². The molecule has 3 rings (SSSR count). The van der Waals surface area contributed by atoms with Crippen LogP contribution in [-0.2, 0) is 4.79 Å². The summed E-state index contributed by atoms with van der Waals surface area (Å²) in [5.74, 6) is 0.245. The number of carbonyl (C=O) groups excluding carboxylic acids is 1. The quantitative estimate of drug-likeness (QED) is 0.636. The lowest BCUT2D eigenvalue weighted by molar-refractivity contribution is -0.118. The number of fused-ring (bicyclic) bond motifs is 1. The third kappa shape index (κ3) is 3.80. The molecule has 0 atom stereocenters. The number of benzene rings is 2. The number of hydrogen-bond donors (Lipinski definition) is 1. The van der Waals surface area contributed by atoms with Crippen molar-refractivity contribution < 1.29 is 13.9 Å². The fraction of sp³-hybridized carbons (Fsp3) is 0.200. The Hall–Kier alpha value is -2.60. The molecule has 3 aromatic rings. The van der Waals surface area contributed by atoms with Gasteiger partial charge in [-0.05, 0) is 62.2 Å². The van der Waals surface area contributed by atoms with Crippen LogP contribution in [0.5, 0.6) is 5.75 Å². The molecule has 0 radical (unpaired) electrons. The van der Waals surface area contributed by atoms with Gasteiger partial charge in [-0.15, -0.1) is 0 Å². The minimum absolute atomic E-state index is 0.141. The van der Waals surface area contributed by atoms with Crippen LogP contribution in [0.2, 0.25) is 0 Å². The minimum Gasteiger partial charge on any atom is -0.483 e. The number of halogens is 1. The molecule has 0 spiro atoms. The van der Waals surface area contributed by atoms with E-state index >= 15 is 0 Å². The van der Waals surface area contributed by atoms with Crippen LogP contribution in [0.3, 0.4) is 0 Å². The number of hydrogen-bond acceptors (Lipinski definition) is 4. The number of amides is 1. The molecule has 0 saturated carbocycles. The van der Waals surface area contributed by atoms with Crippen LogP contribution in [0.15, 0.2) is 50.1 Å². The van der Waals surface area contributed by atoms with Gasteiger partial charge >= 0.3 is 5.63 Å². The fourth-order valence-electron chi connectivity index (χ4n) is 2.75. The Kier molecular flexibility index (Phi) is 5.13. The molecule has 6 heteroatoms. The molecule has 0 unspecified atom stereocenters. The van der Waals surface area contributed by atoms with Crippen molar-refractivity contribution in [2.45, 2.75) is 20.8 Å². The third-order valence-electron chi connectivity index (χ3n) is 4.14. The zero-order chi connectivity index (χ0) is 18.8. The highest BCUT2D eigenvalue weighted by atomic mass is 79.9. The molecule has 0 bridgehead atoms. The first-order valence-electron chi connectivity index (χ1n) is 8.08. The Morgan fingerprint density at radius 2 is 1.88 bits per heavy atom. The standard InChI is InChI=1S/C20H18BrNO4/c1-11-9-19(24)26-20-13(3)17(7-5-15(11)20)25-10-18(23)22-16-6-4-14(21)8-12(16)2/h4-9H,10H2,1-3H3,(H,22,23). The maximum atomic E-state index is 12.2. The van der Waals surface area contributed by atoms with Crippen molar-refractivity contribution in [3.8, 4) is 5.75 Å². The van der Waals surface area contributed by atoms with Crippen LogP contribution in [-0.4, -0.2) is 12.5 Å². The van der Waals surface area contributed by atoms with Gasteiger partial charge in [-0.3, -0.25) is 4.79 Å². The van der Waals surface area contributed by atoms with Gasteiger partial charge in [0, 0.05) is 27.2 Å². The van der Waals surface area contributed by atoms with Crippen LogP contribution in [0.25, 0.3) is 11.0 Å². The lowest BCUT2D eigenvalue weighted by Gasteiger charge is -2.12. The van der Waals surface area contributed by atoms with Gasteiger partial charge in [0.05, 0.1) is 0 Å². The second kappa shape index (κ2) is 7.33. The summed E-state index contributed by atoms with van der Waals surface area (Å²) in [7, 11) is 0. The maximum Gasteiger partial charge on any atom is 0.336 e. The molecule has 1 aromatic heterocycles. The van der Waals surface area contributed by atoms with Gasteiger partial charge in [-0.1, -0.05) is 15.9 Å². The van der Waals surface area contributed by atoms with Crippen molar-refractivity contribution in [1.82, 2.24) is 0 Å². The van der Waals surface area contributed by atoms with E-state index in [0.29, 0.717) is 16.9 Å². The number of ether oxygens (including phenoxy) is 1. The van der Waals surface area contributed by atoms with Crippen molar-refractivity contribution in [1.29, 1.82) is 0 Å². The predicted molar refractivity (Wildman–Crippen MR) is 105 cm³/mol. The topological polar surface area (TPSA) is 68.5 Å². The first-order valence-corrected chi connectivity index (χ1v) is 8.87. The second-order valence-electron chi connectivity index (χ2n) is 6.11. The molecule has 134 valence electrons. The van der Waals surface area contributed by atoms with Gasteiger partial charge in [-0.25, -0.2) is 4.79 Å². The molecule has 5 nitrogen and oxygen atoms in total. The molecule has 0 aliphatic carbocycles. The van der Waals surface area contributed by atoms with Crippen molar-refractivity contribution in [3.63, 3.8) is 0 Å². The smallest absolute Gasteiger partial charge is 0.336 e. The summed E-state index contributed by atoms with van der Waals surface area (Å²) in [4.78, 5) is 23.8. The zero-order valence-corrected chi connectivity index (χ0v) is 16.3. The van der Waals surface area contributed by atoms with Gasteiger partial charge in [0.1, 0.15) is 11.3 Å². The highest BCUT2D eigenvalue weighted by molar-refractivity contribution is 9.10. The van der Waals surface area contributed by atoms with Crippen LogP contribution in [0, 0.1) is 20.8 Å². The third-order valence-corrected chi connectivity index (χ3v) is 4.63. The molecular formula is C20H18BrNO4. The average molecular weight is 416 g/mol. The van der Waals surface area contributed by atoms with Crippen LogP contribution < -0.4 is 15.7 Å². The van der Waals surface area contributed by atoms with E-state index in [1.807, 2.05) is 38.1 Å². The monoisotopic (exact) mass is 415 g/mol. The summed E-state index contributed by atoms with van der Waals surface area (Å²) in [6.07, 6.45) is 0. The fourth-order valence-corrected chi connectivity index (χ4v) is 3.23. The van der Waals surface area contributed by atoms with Gasteiger partial charge < -0.3 is 14.5 Å². The SMILES string of the molecule is Cc1cc(Br)ccc1NC(=O)COc1ccc2c(C)cc(=O)oc2c1C. The zero-order valence-electron chi connectivity index (χ0n) is 14.7. The second-order valence-corrected chi connectivity index (χ2v) is 7.03. The van der Waals surface area contributed by atoms with Gasteiger partial charge in [0.2, 0.25) is 0 Å². The summed E-state index contributed by atoms with van der Waals surface area (Å²) in [5.41, 5.74) is 3.30. The Labute approximate surface area is 159 Å². The first-order chi connectivity index (χ1) is 12.3. The highest BCUT2D eigenvalue weighted by Crippen LogP contribution is 2.28. The molecule has 1 heterocycles. The molecule has 0 saturated heterocycles. The first kappa shape index (κ1) is 18.2. The lowest BCUT2D eigenvalue weighted by Crippen LogP contribution is -2.21. The number of aryl methyl sites for hydroxylation is 3. The number of rotatable bonds is 4. The van der Waals surface area contributed by atoms with E-state index in [-0.39, 0.29) is 12.5 Å². The van der Waals surface area contributed by atoms with Gasteiger partial charge in [0.25, 0.3) is 5.91 Å². The van der Waals surface area contributed by atoms with Gasteiger partial charge in [0.15, 0.2) is 6.61 Å². The van der Waals surface area contributed by atoms with Crippen LogP contribution >= 0.6 is 15.9 Å². The maximum absolute atomic E-state index is 12.2. The van der Waals surface area contributed by atoms with E-state index in [0.717, 1.165) is 26.7 Å². The van der Waals surface area contributed by atoms with Crippen LogP contribution in [0.1, 0.15) is 16.7 Å².